The summed E-state index contributed by atoms with van der Waals surface area (Å²) in [6.45, 7) is 8.66. The van der Waals surface area contributed by atoms with Crippen molar-refractivity contribution in [1.29, 1.82) is 0 Å². The number of hydrogen-bond donors (Lipinski definition) is 0. The molecule has 0 saturated heterocycles. The zero-order valence-corrected chi connectivity index (χ0v) is 14.2. The number of aromatic nitrogens is 2. The van der Waals surface area contributed by atoms with Gasteiger partial charge in [0.25, 0.3) is 0 Å². The van der Waals surface area contributed by atoms with Crippen LogP contribution in [0, 0.1) is 5.92 Å². The van der Waals surface area contributed by atoms with Gasteiger partial charge < -0.3 is 4.74 Å². The van der Waals surface area contributed by atoms with E-state index in [2.05, 4.69) is 23.1 Å². The van der Waals surface area contributed by atoms with Crippen molar-refractivity contribution in [3.05, 3.63) is 30.0 Å². The fraction of sp³-hybridized carbons (Fsp3) is 0.500. The van der Waals surface area contributed by atoms with E-state index in [0.717, 1.165) is 35.1 Å². The molecule has 5 nitrogen and oxygen atoms in total. The zero-order chi connectivity index (χ0) is 16.6. The Bertz CT molecular complexity index is 768. The Morgan fingerprint density at radius 3 is 2.78 bits per heavy atom. The fourth-order valence-corrected chi connectivity index (χ4v) is 2.72. The molecule has 0 N–H and O–H groups in total. The lowest BCUT2D eigenvalue weighted by molar-refractivity contribution is 0.0523. The molecule has 0 fully saturated rings. The number of aliphatic imine (C=N–C) groups is 1. The van der Waals surface area contributed by atoms with Crippen molar-refractivity contribution in [3.8, 4) is 0 Å². The molecule has 3 rings (SSSR count). The van der Waals surface area contributed by atoms with E-state index in [1.54, 1.807) is 6.20 Å². The maximum absolute atomic E-state index is 12.2. The van der Waals surface area contributed by atoms with E-state index in [1.807, 2.05) is 32.9 Å². The molecule has 5 heteroatoms. The zero-order valence-electron chi connectivity index (χ0n) is 14.2. The van der Waals surface area contributed by atoms with Crippen LogP contribution in [0.4, 0.5) is 4.79 Å². The van der Waals surface area contributed by atoms with Crippen LogP contribution < -0.4 is 0 Å². The Balaban J connectivity index is 1.90. The largest absolute Gasteiger partial charge is 0.442 e. The van der Waals surface area contributed by atoms with Crippen LogP contribution in [0.5, 0.6) is 0 Å². The van der Waals surface area contributed by atoms with E-state index in [4.69, 9.17) is 4.74 Å². The Kier molecular flexibility index (Phi) is 3.96. The standard InChI is InChI=1S/C18H23N3O2/c1-12-5-7-15(19-10-12)13-6-8-16-14(9-13)11-20-21(16)17(22)23-18(2,3)4/h6,8-9,11-12H,5,7,10H2,1-4H3. The lowest BCUT2D eigenvalue weighted by Crippen LogP contribution is -2.27. The van der Waals surface area contributed by atoms with Crippen LogP contribution in [0.3, 0.4) is 0 Å². The summed E-state index contributed by atoms with van der Waals surface area (Å²) in [5, 5.41) is 5.11. The highest BCUT2D eigenvalue weighted by Gasteiger charge is 2.20. The SMILES string of the molecule is CC1CCC(c2ccc3c(cnn3C(=O)OC(C)(C)C)c2)=NC1. The summed E-state index contributed by atoms with van der Waals surface area (Å²) in [5.41, 5.74) is 2.49. The maximum Gasteiger partial charge on any atom is 0.435 e. The normalized spacial score (nSPS) is 18.8. The Labute approximate surface area is 136 Å². The van der Waals surface area contributed by atoms with Crippen molar-refractivity contribution in [1.82, 2.24) is 9.78 Å². The second-order valence-electron chi connectivity index (χ2n) is 7.24. The third-order valence-electron chi connectivity index (χ3n) is 3.94. The van der Waals surface area contributed by atoms with Gasteiger partial charge in [0.2, 0.25) is 0 Å². The predicted molar refractivity (Wildman–Crippen MR) is 91.2 cm³/mol. The number of rotatable bonds is 1. The third-order valence-corrected chi connectivity index (χ3v) is 3.94. The van der Waals surface area contributed by atoms with Gasteiger partial charge in [0.15, 0.2) is 0 Å². The molecule has 122 valence electrons. The van der Waals surface area contributed by atoms with Crippen LogP contribution >= 0.6 is 0 Å². The van der Waals surface area contributed by atoms with Crippen LogP contribution in [0.25, 0.3) is 10.9 Å². The molecule has 0 aliphatic carbocycles. The van der Waals surface area contributed by atoms with E-state index in [0.29, 0.717) is 5.92 Å². The predicted octanol–water partition coefficient (Wildman–Crippen LogP) is 4.04. The highest BCUT2D eigenvalue weighted by Crippen LogP contribution is 2.22. The summed E-state index contributed by atoms with van der Waals surface area (Å²) >= 11 is 0. The number of benzene rings is 1. The highest BCUT2D eigenvalue weighted by molar-refractivity contribution is 6.04. The third kappa shape index (κ3) is 3.44. The van der Waals surface area contributed by atoms with Gasteiger partial charge in [0.05, 0.1) is 11.7 Å². The van der Waals surface area contributed by atoms with Crippen LogP contribution in [-0.4, -0.2) is 33.7 Å². The Hall–Kier alpha value is -2.17. The van der Waals surface area contributed by atoms with Crippen molar-refractivity contribution in [3.63, 3.8) is 0 Å². The highest BCUT2D eigenvalue weighted by atomic mass is 16.6. The van der Waals surface area contributed by atoms with Crippen molar-refractivity contribution in [2.45, 2.75) is 46.1 Å². The van der Waals surface area contributed by atoms with E-state index in [1.165, 1.54) is 11.1 Å². The summed E-state index contributed by atoms with van der Waals surface area (Å²) in [7, 11) is 0. The molecule has 0 spiro atoms. The molecule has 23 heavy (non-hydrogen) atoms. The first-order chi connectivity index (χ1) is 10.8. The topological polar surface area (TPSA) is 56.5 Å². The second-order valence-corrected chi connectivity index (χ2v) is 7.24. The van der Waals surface area contributed by atoms with Crippen LogP contribution in [0.15, 0.2) is 29.4 Å². The first-order valence-electron chi connectivity index (χ1n) is 8.08. The van der Waals surface area contributed by atoms with E-state index >= 15 is 0 Å². The quantitative estimate of drug-likeness (QED) is 0.798. The fourth-order valence-electron chi connectivity index (χ4n) is 2.72. The molecule has 2 aromatic rings. The first kappa shape index (κ1) is 15.7. The number of fused-ring (bicyclic) bond motifs is 1. The second kappa shape index (κ2) is 5.80. The number of carbonyl (C=O) groups is 1. The minimum atomic E-state index is -0.539. The van der Waals surface area contributed by atoms with E-state index in [-0.39, 0.29) is 0 Å². The Morgan fingerprint density at radius 2 is 2.13 bits per heavy atom. The molecular weight excluding hydrogens is 290 g/mol. The van der Waals surface area contributed by atoms with Gasteiger partial charge in [-0.25, -0.2) is 4.79 Å². The molecule has 1 aromatic heterocycles. The molecule has 1 unspecified atom stereocenters. The summed E-state index contributed by atoms with van der Waals surface area (Å²) in [6, 6.07) is 5.99. The van der Waals surface area contributed by atoms with Crippen molar-refractivity contribution in [2.24, 2.45) is 10.9 Å². The Morgan fingerprint density at radius 1 is 1.35 bits per heavy atom. The monoisotopic (exact) mass is 313 g/mol. The number of hydrogen-bond acceptors (Lipinski definition) is 4. The molecule has 1 aliphatic heterocycles. The molecule has 1 aromatic carbocycles. The van der Waals surface area contributed by atoms with Gasteiger partial charge in [0.1, 0.15) is 5.60 Å². The van der Waals surface area contributed by atoms with Gasteiger partial charge >= 0.3 is 6.09 Å². The van der Waals surface area contributed by atoms with Gasteiger partial charge in [-0.05, 0) is 57.2 Å². The molecule has 1 atom stereocenters. The number of nitrogens with zero attached hydrogens (tertiary/aromatic N) is 3. The van der Waals surface area contributed by atoms with Crippen LogP contribution in [0.2, 0.25) is 0 Å². The van der Waals surface area contributed by atoms with Crippen LogP contribution in [0.1, 0.15) is 46.1 Å². The van der Waals surface area contributed by atoms with Gasteiger partial charge in [-0.1, -0.05) is 13.0 Å². The minimum Gasteiger partial charge on any atom is -0.442 e. The molecule has 1 aliphatic rings. The average Bonchev–Trinajstić information content (AvgIpc) is 2.89. The molecular formula is C18H23N3O2. The van der Waals surface area contributed by atoms with Crippen molar-refractivity contribution < 1.29 is 9.53 Å². The summed E-state index contributed by atoms with van der Waals surface area (Å²) in [4.78, 5) is 16.9. The van der Waals surface area contributed by atoms with Crippen molar-refractivity contribution >= 4 is 22.7 Å². The lowest BCUT2D eigenvalue weighted by atomic mass is 9.95. The van der Waals surface area contributed by atoms with Crippen LogP contribution in [-0.2, 0) is 4.74 Å². The van der Waals surface area contributed by atoms with Gasteiger partial charge in [-0.2, -0.15) is 9.78 Å². The van der Waals surface area contributed by atoms with E-state index in [9.17, 15) is 4.79 Å². The van der Waals surface area contributed by atoms with Crippen molar-refractivity contribution in [2.75, 3.05) is 6.54 Å². The smallest absolute Gasteiger partial charge is 0.435 e. The lowest BCUT2D eigenvalue weighted by Gasteiger charge is -2.19. The first-order valence-corrected chi connectivity index (χ1v) is 8.08. The summed E-state index contributed by atoms with van der Waals surface area (Å²) in [6.07, 6.45) is 3.43. The molecule has 0 radical (unpaired) electrons. The minimum absolute atomic E-state index is 0.455. The summed E-state index contributed by atoms with van der Waals surface area (Å²) in [5.74, 6) is 0.664. The van der Waals surface area contributed by atoms with E-state index < -0.39 is 11.7 Å². The van der Waals surface area contributed by atoms with Gasteiger partial charge in [0, 0.05) is 17.6 Å². The molecule has 0 bridgehead atoms. The summed E-state index contributed by atoms with van der Waals surface area (Å²) < 4.78 is 6.70. The maximum atomic E-state index is 12.2. The van der Waals surface area contributed by atoms with Gasteiger partial charge in [-0.15, -0.1) is 0 Å². The molecule has 0 saturated carbocycles. The number of carbonyl (C=O) groups excluding carboxylic acids is 1. The average molecular weight is 313 g/mol. The van der Waals surface area contributed by atoms with Gasteiger partial charge in [-0.3, -0.25) is 4.99 Å². The molecule has 0 amide bonds. The number of ether oxygens (including phenoxy) is 1. The molecule has 2 heterocycles.